The third kappa shape index (κ3) is 7.32. The number of fused-ring (bicyclic) bond motifs is 3. The van der Waals surface area contributed by atoms with Crippen molar-refractivity contribution in [3.05, 3.63) is 54.6 Å². The molecule has 3 N–H and O–H groups in total. The highest BCUT2D eigenvalue weighted by Crippen LogP contribution is 2.46. The average Bonchev–Trinajstić information content (AvgIpc) is 3.43. The SMILES string of the molecule is CC(C)(C)OC(=O)N[C@H]1CCCCCC=C[C@@H]2C[C@@]2(C(=O)NS(=O)(=O)c2cccc3ccccc23)NC(=O)[C@@H]2CCCN2C1=O. The van der Waals surface area contributed by atoms with E-state index >= 15 is 0 Å². The zero-order chi connectivity index (χ0) is 32.4. The number of sulfonamides is 1. The van der Waals surface area contributed by atoms with Gasteiger partial charge in [-0.15, -0.1) is 0 Å². The Balaban J connectivity index is 1.39. The highest BCUT2D eigenvalue weighted by Gasteiger charge is 2.61. The smallest absolute Gasteiger partial charge is 0.408 e. The number of ether oxygens (including phenoxy) is 1. The molecule has 2 heterocycles. The molecule has 1 aliphatic carbocycles. The number of carbonyl (C=O) groups excluding carboxylic acids is 4. The van der Waals surface area contributed by atoms with E-state index in [0.29, 0.717) is 49.4 Å². The molecule has 5 rings (SSSR count). The van der Waals surface area contributed by atoms with Gasteiger partial charge in [0.05, 0.1) is 4.90 Å². The van der Waals surface area contributed by atoms with Crippen molar-refractivity contribution in [1.82, 2.24) is 20.3 Å². The predicted octanol–water partition coefficient (Wildman–Crippen LogP) is 3.92. The van der Waals surface area contributed by atoms with Gasteiger partial charge in [-0.2, -0.15) is 0 Å². The molecule has 4 amide bonds. The summed E-state index contributed by atoms with van der Waals surface area (Å²) in [5.41, 5.74) is -2.22. The van der Waals surface area contributed by atoms with E-state index in [1.165, 1.54) is 11.0 Å². The Hall–Kier alpha value is -3.93. The van der Waals surface area contributed by atoms with E-state index < -0.39 is 57.1 Å². The van der Waals surface area contributed by atoms with Crippen molar-refractivity contribution in [3.63, 3.8) is 0 Å². The molecule has 0 radical (unpaired) electrons. The van der Waals surface area contributed by atoms with Crippen molar-refractivity contribution in [2.24, 2.45) is 5.92 Å². The van der Waals surface area contributed by atoms with Crippen LogP contribution in [0.4, 0.5) is 4.79 Å². The van der Waals surface area contributed by atoms with Crippen molar-refractivity contribution in [3.8, 4) is 0 Å². The van der Waals surface area contributed by atoms with Crippen LogP contribution in [-0.2, 0) is 29.1 Å². The zero-order valence-electron chi connectivity index (χ0n) is 26.0. The summed E-state index contributed by atoms with van der Waals surface area (Å²) in [6, 6.07) is 10.1. The van der Waals surface area contributed by atoms with Crippen molar-refractivity contribution in [2.45, 2.75) is 100 Å². The van der Waals surface area contributed by atoms with Gasteiger partial charge in [0.15, 0.2) is 0 Å². The van der Waals surface area contributed by atoms with Crippen LogP contribution in [0.25, 0.3) is 10.8 Å². The van der Waals surface area contributed by atoms with Crippen molar-refractivity contribution < 1.29 is 32.3 Å². The molecule has 0 aromatic heterocycles. The summed E-state index contributed by atoms with van der Waals surface area (Å²) in [6.07, 6.45) is 7.73. The maximum atomic E-state index is 13.8. The second-order valence-electron chi connectivity index (χ2n) is 13.1. The Morgan fingerprint density at radius 3 is 2.53 bits per heavy atom. The van der Waals surface area contributed by atoms with Crippen LogP contribution in [0.2, 0.25) is 0 Å². The predicted molar refractivity (Wildman–Crippen MR) is 168 cm³/mol. The number of allylic oxidation sites excluding steroid dienone is 1. The first-order valence-electron chi connectivity index (χ1n) is 15.6. The second-order valence-corrected chi connectivity index (χ2v) is 14.8. The standard InChI is InChI=1S/C33H42N4O7S/c1-32(2,3)44-31(41)34-25-17-8-6-4-5-7-15-23-21-33(23,35-28(38)26-18-12-20-37(26)29(25)39)30(40)36-45(42,43)27-19-11-14-22-13-9-10-16-24(22)27/h7,9-11,13-16,19,23,25-26H,4-6,8,12,17-18,20-21H2,1-3H3,(H,34,41)(H,35,38)(H,36,40)/t23-,25+,26+,33-/m1/s1. The third-order valence-electron chi connectivity index (χ3n) is 8.59. The van der Waals surface area contributed by atoms with E-state index in [4.69, 9.17) is 4.74 Å². The second kappa shape index (κ2) is 12.8. The molecular weight excluding hydrogens is 596 g/mol. The lowest BCUT2D eigenvalue weighted by molar-refractivity contribution is -0.141. The van der Waals surface area contributed by atoms with Gasteiger partial charge in [-0.3, -0.25) is 14.4 Å². The Labute approximate surface area is 264 Å². The van der Waals surface area contributed by atoms with Gasteiger partial charge in [-0.1, -0.05) is 61.4 Å². The van der Waals surface area contributed by atoms with E-state index in [-0.39, 0.29) is 17.2 Å². The number of rotatable bonds is 4. The van der Waals surface area contributed by atoms with Crippen LogP contribution in [0.3, 0.4) is 0 Å². The van der Waals surface area contributed by atoms with E-state index in [1.807, 2.05) is 12.2 Å². The maximum Gasteiger partial charge on any atom is 0.408 e. The van der Waals surface area contributed by atoms with Crippen LogP contribution in [0, 0.1) is 5.92 Å². The fourth-order valence-corrected chi connectivity index (χ4v) is 7.51. The molecule has 2 aromatic carbocycles. The molecule has 2 fully saturated rings. The lowest BCUT2D eigenvalue weighted by Gasteiger charge is -2.30. The molecule has 1 saturated carbocycles. The quantitative estimate of drug-likeness (QED) is 0.430. The molecule has 0 spiro atoms. The normalized spacial score (nSPS) is 26.1. The van der Waals surface area contributed by atoms with Crippen molar-refractivity contribution in [1.29, 1.82) is 0 Å². The number of alkyl carbamates (subject to hydrolysis) is 1. The van der Waals surface area contributed by atoms with Crippen LogP contribution in [-0.4, -0.2) is 66.9 Å². The average molecular weight is 639 g/mol. The minimum atomic E-state index is -4.28. The van der Waals surface area contributed by atoms with Gasteiger partial charge in [0, 0.05) is 17.8 Å². The molecule has 242 valence electrons. The molecule has 3 aliphatic rings. The molecule has 2 aliphatic heterocycles. The molecule has 11 nitrogen and oxygen atoms in total. The summed E-state index contributed by atoms with van der Waals surface area (Å²) in [5, 5.41) is 6.76. The largest absolute Gasteiger partial charge is 0.444 e. The van der Waals surface area contributed by atoms with E-state index in [2.05, 4.69) is 15.4 Å². The number of nitrogens with one attached hydrogen (secondary N) is 3. The highest BCUT2D eigenvalue weighted by atomic mass is 32.2. The van der Waals surface area contributed by atoms with Crippen LogP contribution < -0.4 is 15.4 Å². The number of nitrogens with zero attached hydrogens (tertiary/aromatic N) is 1. The molecule has 12 heteroatoms. The first-order valence-corrected chi connectivity index (χ1v) is 17.1. The van der Waals surface area contributed by atoms with Gasteiger partial charge >= 0.3 is 6.09 Å². The maximum absolute atomic E-state index is 13.8. The fourth-order valence-electron chi connectivity index (χ4n) is 6.24. The third-order valence-corrected chi connectivity index (χ3v) is 9.98. The summed E-state index contributed by atoms with van der Waals surface area (Å²) < 4.78 is 34.7. The monoisotopic (exact) mass is 638 g/mol. The summed E-state index contributed by atoms with van der Waals surface area (Å²) in [7, 11) is -4.28. The number of benzene rings is 2. The Morgan fingerprint density at radius 2 is 1.76 bits per heavy atom. The Bertz CT molecular complexity index is 1610. The number of amides is 4. The van der Waals surface area contributed by atoms with E-state index in [0.717, 1.165) is 12.8 Å². The highest BCUT2D eigenvalue weighted by molar-refractivity contribution is 7.90. The van der Waals surface area contributed by atoms with Gasteiger partial charge in [0.2, 0.25) is 11.8 Å². The van der Waals surface area contributed by atoms with Gasteiger partial charge < -0.3 is 20.3 Å². The zero-order valence-corrected chi connectivity index (χ0v) is 26.8. The molecule has 2 aromatic rings. The summed E-state index contributed by atoms with van der Waals surface area (Å²) in [6.45, 7) is 5.54. The molecule has 0 bridgehead atoms. The number of hydrogen-bond acceptors (Lipinski definition) is 7. The summed E-state index contributed by atoms with van der Waals surface area (Å²) in [4.78, 5) is 55.4. The number of hydrogen-bond donors (Lipinski definition) is 3. The first kappa shape index (κ1) is 32.5. The minimum Gasteiger partial charge on any atom is -0.444 e. The lowest BCUT2D eigenvalue weighted by atomic mass is 10.0. The summed E-state index contributed by atoms with van der Waals surface area (Å²) in [5.74, 6) is -2.12. The fraction of sp³-hybridized carbons (Fsp3) is 0.515. The molecule has 4 atom stereocenters. The van der Waals surface area contributed by atoms with Crippen LogP contribution in [0.5, 0.6) is 0 Å². The van der Waals surface area contributed by atoms with Crippen LogP contribution in [0.15, 0.2) is 59.5 Å². The van der Waals surface area contributed by atoms with Crippen LogP contribution >= 0.6 is 0 Å². The molecule has 45 heavy (non-hydrogen) atoms. The van der Waals surface area contributed by atoms with Crippen LogP contribution in [0.1, 0.15) is 72.1 Å². The molecule has 1 saturated heterocycles. The molecule has 0 unspecified atom stereocenters. The first-order chi connectivity index (χ1) is 21.3. The van der Waals surface area contributed by atoms with Gasteiger partial charge in [-0.25, -0.2) is 17.9 Å². The van der Waals surface area contributed by atoms with Gasteiger partial charge in [-0.05, 0) is 70.7 Å². The van der Waals surface area contributed by atoms with E-state index in [1.54, 1.807) is 57.2 Å². The van der Waals surface area contributed by atoms with E-state index in [9.17, 15) is 27.6 Å². The van der Waals surface area contributed by atoms with Crippen molar-refractivity contribution >= 4 is 44.6 Å². The van der Waals surface area contributed by atoms with Crippen molar-refractivity contribution in [2.75, 3.05) is 6.54 Å². The van der Waals surface area contributed by atoms with Gasteiger partial charge in [0.25, 0.3) is 15.9 Å². The van der Waals surface area contributed by atoms with Gasteiger partial charge in [0.1, 0.15) is 23.2 Å². The molecular formula is C33H42N4O7S. The Kier molecular flexibility index (Phi) is 9.25. The Morgan fingerprint density at radius 1 is 1.00 bits per heavy atom. The topological polar surface area (TPSA) is 151 Å². The number of carbonyl (C=O) groups is 4. The summed E-state index contributed by atoms with van der Waals surface area (Å²) >= 11 is 0. The minimum absolute atomic E-state index is 0.0299. The lowest BCUT2D eigenvalue weighted by Crippen LogP contribution is -2.58.